The predicted molar refractivity (Wildman–Crippen MR) is 158 cm³/mol. The lowest BCUT2D eigenvalue weighted by Crippen LogP contribution is -2.63. The number of piperazine rings is 1. The van der Waals surface area contributed by atoms with Crippen LogP contribution in [0.5, 0.6) is 0 Å². The highest BCUT2D eigenvalue weighted by Crippen LogP contribution is 2.26. The summed E-state index contributed by atoms with van der Waals surface area (Å²) in [4.78, 5) is 30.5. The van der Waals surface area contributed by atoms with Crippen LogP contribution in [0.3, 0.4) is 0 Å². The van der Waals surface area contributed by atoms with Crippen LogP contribution >= 0.6 is 0 Å². The fourth-order valence-corrected chi connectivity index (χ4v) is 6.68. The second-order valence-corrected chi connectivity index (χ2v) is 12.3. The summed E-state index contributed by atoms with van der Waals surface area (Å²) in [6, 6.07) is 17.1. The maximum absolute atomic E-state index is 13.8. The van der Waals surface area contributed by atoms with Crippen molar-refractivity contribution < 1.29 is 22.4 Å². The summed E-state index contributed by atoms with van der Waals surface area (Å²) in [5, 5.41) is 8.79. The van der Waals surface area contributed by atoms with Gasteiger partial charge in [0.05, 0.1) is 12.1 Å². The van der Waals surface area contributed by atoms with Gasteiger partial charge in [0.2, 0.25) is 21.8 Å². The Morgan fingerprint density at radius 1 is 1.05 bits per heavy atom. The Bertz CT molecular complexity index is 1480. The van der Waals surface area contributed by atoms with Gasteiger partial charge in [-0.25, -0.2) is 17.9 Å². The Labute approximate surface area is 240 Å². The summed E-state index contributed by atoms with van der Waals surface area (Å²) in [6.45, 7) is 2.93. The van der Waals surface area contributed by atoms with Crippen LogP contribution < -0.4 is 16.2 Å². The summed E-state index contributed by atoms with van der Waals surface area (Å²) >= 11 is 0. The van der Waals surface area contributed by atoms with Crippen LogP contribution in [-0.4, -0.2) is 74.0 Å². The van der Waals surface area contributed by atoms with Crippen molar-refractivity contribution in [3.05, 3.63) is 83.7 Å². The smallest absolute Gasteiger partial charge is 0.244 e. The van der Waals surface area contributed by atoms with Crippen LogP contribution in [0.25, 0.3) is 10.8 Å². The normalized spacial score (nSPS) is 18.6. The molecule has 220 valence electrons. The van der Waals surface area contributed by atoms with Gasteiger partial charge in [-0.05, 0) is 46.9 Å². The van der Waals surface area contributed by atoms with Gasteiger partial charge in [-0.2, -0.15) is 0 Å². The zero-order valence-electron chi connectivity index (χ0n) is 23.4. The van der Waals surface area contributed by atoms with Crippen molar-refractivity contribution in [3.8, 4) is 0 Å². The third-order valence-electron chi connectivity index (χ3n) is 7.83. The molecule has 3 aromatic rings. The molecule has 4 unspecified atom stereocenters. The molecule has 0 aliphatic carbocycles. The van der Waals surface area contributed by atoms with Gasteiger partial charge in [0.1, 0.15) is 5.82 Å². The topological polar surface area (TPSA) is 139 Å². The molecule has 1 saturated heterocycles. The molecule has 0 spiro atoms. The minimum Gasteiger partial charge on any atom is -0.358 e. The lowest BCUT2D eigenvalue weighted by Gasteiger charge is -2.45. The molecule has 1 aliphatic heterocycles. The fraction of sp³-hybridized carbons (Fsp3) is 0.400. The number of primary sulfonamides is 1. The second-order valence-electron chi connectivity index (χ2n) is 10.6. The van der Waals surface area contributed by atoms with Gasteiger partial charge in [0.25, 0.3) is 0 Å². The van der Waals surface area contributed by atoms with Crippen LogP contribution in [0.15, 0.2) is 66.7 Å². The molecule has 0 radical (unpaired) electrons. The first-order valence-corrected chi connectivity index (χ1v) is 15.4. The number of fused-ring (bicyclic) bond motifs is 1. The van der Waals surface area contributed by atoms with Gasteiger partial charge in [0, 0.05) is 32.7 Å². The molecule has 41 heavy (non-hydrogen) atoms. The number of nitrogens with two attached hydrogens (primary N) is 2. The van der Waals surface area contributed by atoms with Crippen molar-refractivity contribution in [1.29, 1.82) is 0 Å². The maximum Gasteiger partial charge on any atom is 0.244 e. The third kappa shape index (κ3) is 7.10. The lowest BCUT2D eigenvalue weighted by molar-refractivity contribution is -0.138. The molecule has 1 heterocycles. The molecule has 4 rings (SSSR count). The van der Waals surface area contributed by atoms with E-state index in [1.807, 2.05) is 43.3 Å². The second kappa shape index (κ2) is 13.1. The van der Waals surface area contributed by atoms with Crippen LogP contribution in [0, 0.1) is 5.82 Å². The van der Waals surface area contributed by atoms with E-state index >= 15 is 0 Å². The summed E-state index contributed by atoms with van der Waals surface area (Å²) in [6.07, 6.45) is 1.82. The Kier molecular flexibility index (Phi) is 9.75. The van der Waals surface area contributed by atoms with Crippen molar-refractivity contribution >= 4 is 32.6 Å². The number of hydrogen-bond acceptors (Lipinski definition) is 6. The number of hydrogen-bond donors (Lipinski definition) is 3. The molecule has 5 N–H and O–H groups in total. The van der Waals surface area contributed by atoms with Gasteiger partial charge in [-0.1, -0.05) is 67.9 Å². The predicted octanol–water partition coefficient (Wildman–Crippen LogP) is 2.31. The number of benzene rings is 3. The van der Waals surface area contributed by atoms with E-state index in [0.29, 0.717) is 31.5 Å². The van der Waals surface area contributed by atoms with Crippen molar-refractivity contribution in [1.82, 2.24) is 15.1 Å². The number of likely N-dealkylation sites (N-methyl/N-ethyl adjacent to an activating group) is 1. The maximum atomic E-state index is 13.8. The van der Waals surface area contributed by atoms with Gasteiger partial charge in [-0.3, -0.25) is 14.5 Å². The molecule has 9 nitrogen and oxygen atoms in total. The summed E-state index contributed by atoms with van der Waals surface area (Å²) < 4.78 is 38.8. The highest BCUT2D eigenvalue weighted by Gasteiger charge is 2.43. The van der Waals surface area contributed by atoms with Crippen LogP contribution in [-0.2, 0) is 26.0 Å². The first kappa shape index (κ1) is 30.6. The van der Waals surface area contributed by atoms with E-state index in [2.05, 4.69) is 16.3 Å². The SMILES string of the molecule is CCCC1CN(C(Cc2ccc3ccccc3c2)C(=O)NC)CCN1C(=O)C(C(N)c1ccc(F)cc1)S(N)(=O)=O. The van der Waals surface area contributed by atoms with E-state index in [1.54, 1.807) is 7.05 Å². The number of nitrogens with zero attached hydrogens (tertiary/aromatic N) is 2. The first-order valence-electron chi connectivity index (χ1n) is 13.8. The Morgan fingerprint density at radius 2 is 1.73 bits per heavy atom. The molecule has 4 atom stereocenters. The number of nitrogens with one attached hydrogen (secondary N) is 1. The molecule has 0 bridgehead atoms. The largest absolute Gasteiger partial charge is 0.358 e. The molecule has 11 heteroatoms. The zero-order valence-corrected chi connectivity index (χ0v) is 24.2. The van der Waals surface area contributed by atoms with Crippen molar-refractivity contribution in [2.45, 2.75) is 49.6 Å². The van der Waals surface area contributed by atoms with Crippen LogP contribution in [0.1, 0.15) is 36.9 Å². The quantitative estimate of drug-likeness (QED) is 0.335. The Hall–Kier alpha value is -3.38. The molecule has 2 amide bonds. The number of halogens is 1. The zero-order chi connectivity index (χ0) is 29.7. The van der Waals surface area contributed by atoms with Gasteiger partial charge in [0.15, 0.2) is 5.25 Å². The van der Waals surface area contributed by atoms with E-state index in [-0.39, 0.29) is 18.5 Å². The van der Waals surface area contributed by atoms with E-state index < -0.39 is 39.1 Å². The molecular weight excluding hydrogens is 545 g/mol. The van der Waals surface area contributed by atoms with E-state index in [4.69, 9.17) is 10.9 Å². The summed E-state index contributed by atoms with van der Waals surface area (Å²) in [7, 11) is -2.80. The standard InChI is InChI=1S/C30H38FN5O4S/c1-3-6-25-19-35(26(29(37)34-2)18-20-9-10-21-7-4-5-8-23(21)17-20)15-16-36(25)30(38)28(41(33,39)40)27(32)22-11-13-24(31)14-12-22/h4-5,7-14,17,25-28H,3,6,15-16,18-19,32H2,1-2H3,(H,34,37)(H2,33,39,40). The number of sulfonamides is 1. The monoisotopic (exact) mass is 583 g/mol. The van der Waals surface area contributed by atoms with Crippen molar-refractivity contribution in [2.75, 3.05) is 26.7 Å². The average molecular weight is 584 g/mol. The molecular formula is C30H38FN5O4S. The first-order chi connectivity index (χ1) is 19.5. The third-order valence-corrected chi connectivity index (χ3v) is 9.03. The molecule has 3 aromatic carbocycles. The van der Waals surface area contributed by atoms with Gasteiger partial charge >= 0.3 is 0 Å². The van der Waals surface area contributed by atoms with E-state index in [0.717, 1.165) is 34.9 Å². The molecule has 0 aromatic heterocycles. The van der Waals surface area contributed by atoms with Crippen molar-refractivity contribution in [2.24, 2.45) is 10.9 Å². The number of carbonyl (C=O) groups excluding carboxylic acids is 2. The number of rotatable bonds is 10. The van der Waals surface area contributed by atoms with Gasteiger partial charge in [-0.15, -0.1) is 0 Å². The molecule has 0 saturated carbocycles. The summed E-state index contributed by atoms with van der Waals surface area (Å²) in [5.41, 5.74) is 7.58. The minimum atomic E-state index is -4.40. The lowest BCUT2D eigenvalue weighted by atomic mass is 9.97. The summed E-state index contributed by atoms with van der Waals surface area (Å²) in [5.74, 6) is -1.32. The fourth-order valence-electron chi connectivity index (χ4n) is 5.70. The van der Waals surface area contributed by atoms with E-state index in [1.165, 1.54) is 17.0 Å². The van der Waals surface area contributed by atoms with Crippen LogP contribution in [0.4, 0.5) is 4.39 Å². The van der Waals surface area contributed by atoms with Crippen LogP contribution in [0.2, 0.25) is 0 Å². The van der Waals surface area contributed by atoms with Crippen molar-refractivity contribution in [3.63, 3.8) is 0 Å². The highest BCUT2D eigenvalue weighted by atomic mass is 32.2. The van der Waals surface area contributed by atoms with Gasteiger partial charge < -0.3 is 16.0 Å². The number of amides is 2. The minimum absolute atomic E-state index is 0.131. The highest BCUT2D eigenvalue weighted by molar-refractivity contribution is 7.90. The molecule has 1 fully saturated rings. The molecule has 1 aliphatic rings. The van der Waals surface area contributed by atoms with E-state index in [9.17, 15) is 22.4 Å². The number of carbonyl (C=O) groups is 2. The average Bonchev–Trinajstić information content (AvgIpc) is 2.95. The Balaban J connectivity index is 1.58. The Morgan fingerprint density at radius 3 is 2.37 bits per heavy atom.